The van der Waals surface area contributed by atoms with Gasteiger partial charge >= 0.3 is 0 Å². The van der Waals surface area contributed by atoms with E-state index in [0.29, 0.717) is 19.2 Å². The molecule has 2 heterocycles. The average Bonchev–Trinajstić information content (AvgIpc) is 2.67. The van der Waals surface area contributed by atoms with E-state index in [4.69, 9.17) is 9.47 Å². The zero-order valence-electron chi connectivity index (χ0n) is 15.2. The maximum absolute atomic E-state index is 12.5. The minimum atomic E-state index is 0.107. The number of amides is 1. The predicted octanol–water partition coefficient (Wildman–Crippen LogP) is 2.38. The van der Waals surface area contributed by atoms with Crippen LogP contribution in [-0.2, 0) is 9.53 Å². The molecule has 2 saturated heterocycles. The summed E-state index contributed by atoms with van der Waals surface area (Å²) in [7, 11) is 0. The highest BCUT2D eigenvalue weighted by atomic mass is 16.5. The van der Waals surface area contributed by atoms with Crippen LogP contribution in [0.15, 0.2) is 24.3 Å². The lowest BCUT2D eigenvalue weighted by atomic mass is 9.94. The average molecular weight is 346 g/mol. The highest BCUT2D eigenvalue weighted by Gasteiger charge is 2.30. The van der Waals surface area contributed by atoms with Crippen LogP contribution in [0.3, 0.4) is 0 Å². The molecule has 2 aliphatic rings. The van der Waals surface area contributed by atoms with Crippen molar-refractivity contribution in [1.29, 1.82) is 0 Å². The van der Waals surface area contributed by atoms with Crippen molar-refractivity contribution in [2.75, 3.05) is 39.5 Å². The van der Waals surface area contributed by atoms with Gasteiger partial charge in [0.2, 0.25) is 5.91 Å². The van der Waals surface area contributed by atoms with Crippen LogP contribution in [0.5, 0.6) is 5.75 Å². The Balaban J connectivity index is 1.39. The van der Waals surface area contributed by atoms with Crippen molar-refractivity contribution in [1.82, 2.24) is 10.2 Å². The molecule has 1 N–H and O–H groups in total. The standard InChI is InChI=1S/C20H30N2O3/c1-16-5-2-3-7-19(16)25-14-10-21-20(23)17-6-4-11-22(15-17)18-8-12-24-13-9-18/h2-3,5,7,17-18H,4,6,8-15H2,1H3,(H,21,23). The lowest BCUT2D eigenvalue weighted by Gasteiger charge is -2.39. The first-order valence-corrected chi connectivity index (χ1v) is 9.52. The van der Waals surface area contributed by atoms with E-state index in [9.17, 15) is 4.79 Å². The van der Waals surface area contributed by atoms with Crippen LogP contribution in [-0.4, -0.2) is 56.3 Å². The molecule has 0 radical (unpaired) electrons. The number of hydrogen-bond donors (Lipinski definition) is 1. The fourth-order valence-corrected chi connectivity index (χ4v) is 3.80. The Hall–Kier alpha value is -1.59. The first kappa shape index (κ1) is 18.2. The molecule has 0 saturated carbocycles. The number of carbonyl (C=O) groups excluding carboxylic acids is 1. The van der Waals surface area contributed by atoms with Crippen molar-refractivity contribution in [2.45, 2.75) is 38.6 Å². The summed E-state index contributed by atoms with van der Waals surface area (Å²) in [6, 6.07) is 8.55. The topological polar surface area (TPSA) is 50.8 Å². The van der Waals surface area contributed by atoms with Gasteiger partial charge in [-0.1, -0.05) is 18.2 Å². The molecule has 138 valence electrons. The Morgan fingerprint density at radius 3 is 2.88 bits per heavy atom. The van der Waals surface area contributed by atoms with Crippen molar-refractivity contribution >= 4 is 5.91 Å². The number of piperidine rings is 1. The Kier molecular flexibility index (Phi) is 6.70. The number of benzene rings is 1. The Morgan fingerprint density at radius 2 is 2.08 bits per heavy atom. The van der Waals surface area contributed by atoms with E-state index in [-0.39, 0.29) is 11.8 Å². The van der Waals surface area contributed by atoms with Crippen molar-refractivity contribution < 1.29 is 14.3 Å². The van der Waals surface area contributed by atoms with E-state index in [2.05, 4.69) is 10.2 Å². The second kappa shape index (κ2) is 9.20. The summed E-state index contributed by atoms with van der Waals surface area (Å²) in [6.07, 6.45) is 4.29. The fraction of sp³-hybridized carbons (Fsp3) is 0.650. The molecular formula is C20H30N2O3. The third-order valence-corrected chi connectivity index (χ3v) is 5.28. The van der Waals surface area contributed by atoms with Crippen LogP contribution in [0.2, 0.25) is 0 Å². The van der Waals surface area contributed by atoms with Gasteiger partial charge in [0.25, 0.3) is 0 Å². The maximum Gasteiger partial charge on any atom is 0.224 e. The van der Waals surface area contributed by atoms with Crippen LogP contribution in [0.1, 0.15) is 31.2 Å². The van der Waals surface area contributed by atoms with E-state index < -0.39 is 0 Å². The molecule has 0 bridgehead atoms. The SMILES string of the molecule is Cc1ccccc1OCCNC(=O)C1CCCN(C2CCOCC2)C1. The first-order chi connectivity index (χ1) is 12.2. The molecule has 0 spiro atoms. The van der Waals surface area contributed by atoms with Gasteiger partial charge in [0, 0.05) is 25.8 Å². The lowest BCUT2D eigenvalue weighted by molar-refractivity contribution is -0.127. The molecule has 1 aromatic rings. The molecule has 1 unspecified atom stereocenters. The zero-order valence-corrected chi connectivity index (χ0v) is 15.2. The quantitative estimate of drug-likeness (QED) is 0.804. The summed E-state index contributed by atoms with van der Waals surface area (Å²) in [5.74, 6) is 1.17. The summed E-state index contributed by atoms with van der Waals surface area (Å²) in [4.78, 5) is 15.0. The van der Waals surface area contributed by atoms with Gasteiger partial charge in [0.15, 0.2) is 0 Å². The van der Waals surface area contributed by atoms with E-state index in [1.807, 2.05) is 31.2 Å². The highest BCUT2D eigenvalue weighted by Crippen LogP contribution is 2.23. The molecule has 1 aromatic carbocycles. The molecule has 0 aromatic heterocycles. The second-order valence-corrected chi connectivity index (χ2v) is 7.08. The van der Waals surface area contributed by atoms with Crippen LogP contribution >= 0.6 is 0 Å². The molecule has 2 fully saturated rings. The molecule has 25 heavy (non-hydrogen) atoms. The van der Waals surface area contributed by atoms with Gasteiger partial charge in [0.1, 0.15) is 12.4 Å². The van der Waals surface area contributed by atoms with Crippen LogP contribution < -0.4 is 10.1 Å². The Morgan fingerprint density at radius 1 is 1.28 bits per heavy atom. The summed E-state index contributed by atoms with van der Waals surface area (Å²) < 4.78 is 11.2. The molecule has 1 amide bonds. The number of para-hydroxylation sites is 1. The molecule has 2 aliphatic heterocycles. The summed E-state index contributed by atoms with van der Waals surface area (Å²) in [6.45, 7) is 6.80. The number of rotatable bonds is 6. The summed E-state index contributed by atoms with van der Waals surface area (Å²) in [5, 5.41) is 3.05. The number of likely N-dealkylation sites (tertiary alicyclic amines) is 1. The normalized spacial score (nSPS) is 22.5. The van der Waals surface area contributed by atoms with Crippen molar-refractivity contribution in [3.05, 3.63) is 29.8 Å². The van der Waals surface area contributed by atoms with Gasteiger partial charge in [-0.3, -0.25) is 9.69 Å². The highest BCUT2D eigenvalue weighted by molar-refractivity contribution is 5.78. The largest absolute Gasteiger partial charge is 0.491 e. The molecule has 0 aliphatic carbocycles. The van der Waals surface area contributed by atoms with Gasteiger partial charge in [-0.25, -0.2) is 0 Å². The van der Waals surface area contributed by atoms with Gasteiger partial charge in [-0.2, -0.15) is 0 Å². The Labute approximate surface area is 150 Å². The number of ether oxygens (including phenoxy) is 2. The zero-order chi connectivity index (χ0) is 17.5. The number of nitrogens with one attached hydrogen (secondary N) is 1. The van der Waals surface area contributed by atoms with Crippen LogP contribution in [0.4, 0.5) is 0 Å². The monoisotopic (exact) mass is 346 g/mol. The van der Waals surface area contributed by atoms with Crippen LogP contribution in [0.25, 0.3) is 0 Å². The number of hydrogen-bond acceptors (Lipinski definition) is 4. The van der Waals surface area contributed by atoms with E-state index in [0.717, 1.165) is 63.3 Å². The second-order valence-electron chi connectivity index (χ2n) is 7.08. The molecular weight excluding hydrogens is 316 g/mol. The third kappa shape index (κ3) is 5.19. The maximum atomic E-state index is 12.5. The van der Waals surface area contributed by atoms with E-state index in [1.165, 1.54) is 0 Å². The lowest BCUT2D eigenvalue weighted by Crippen LogP contribution is -2.49. The van der Waals surface area contributed by atoms with Gasteiger partial charge < -0.3 is 14.8 Å². The third-order valence-electron chi connectivity index (χ3n) is 5.28. The fourth-order valence-electron chi connectivity index (χ4n) is 3.80. The number of aryl methyl sites for hydroxylation is 1. The van der Waals surface area contributed by atoms with Crippen molar-refractivity contribution in [3.8, 4) is 5.75 Å². The summed E-state index contributed by atoms with van der Waals surface area (Å²) in [5.41, 5.74) is 1.12. The predicted molar refractivity (Wildman–Crippen MR) is 97.8 cm³/mol. The molecule has 3 rings (SSSR count). The van der Waals surface area contributed by atoms with Crippen molar-refractivity contribution in [3.63, 3.8) is 0 Å². The van der Waals surface area contributed by atoms with Crippen molar-refractivity contribution in [2.24, 2.45) is 5.92 Å². The molecule has 1 atom stereocenters. The molecule has 5 heteroatoms. The van der Waals surface area contributed by atoms with Gasteiger partial charge in [0.05, 0.1) is 12.5 Å². The smallest absolute Gasteiger partial charge is 0.224 e. The van der Waals surface area contributed by atoms with Gasteiger partial charge in [-0.05, 0) is 50.8 Å². The summed E-state index contributed by atoms with van der Waals surface area (Å²) >= 11 is 0. The van der Waals surface area contributed by atoms with Gasteiger partial charge in [-0.15, -0.1) is 0 Å². The minimum absolute atomic E-state index is 0.107. The number of carbonyl (C=O) groups is 1. The Bertz CT molecular complexity index is 558. The number of nitrogens with zero attached hydrogens (tertiary/aromatic N) is 1. The van der Waals surface area contributed by atoms with Crippen LogP contribution in [0, 0.1) is 12.8 Å². The van der Waals surface area contributed by atoms with E-state index in [1.54, 1.807) is 0 Å². The van der Waals surface area contributed by atoms with E-state index >= 15 is 0 Å². The molecule has 5 nitrogen and oxygen atoms in total. The first-order valence-electron chi connectivity index (χ1n) is 9.52. The minimum Gasteiger partial charge on any atom is -0.491 e.